The zero-order chi connectivity index (χ0) is 15.2. The summed E-state index contributed by atoms with van der Waals surface area (Å²) in [6, 6.07) is 17.0. The molecule has 0 radical (unpaired) electrons. The Morgan fingerprint density at radius 3 is 2.52 bits per heavy atom. The van der Waals surface area contributed by atoms with Crippen LogP contribution in [0.5, 0.6) is 5.75 Å². The van der Waals surface area contributed by atoms with Crippen LogP contribution in [0.15, 0.2) is 54.6 Å². The van der Waals surface area contributed by atoms with Crippen molar-refractivity contribution in [3.05, 3.63) is 65.7 Å². The SMILES string of the molecule is COc1cccc(CC(=O)C(C)C(N)c2ccccc2)c1. The number of carbonyl (C=O) groups is 1. The molecule has 0 aromatic heterocycles. The number of methoxy groups -OCH3 is 1. The summed E-state index contributed by atoms with van der Waals surface area (Å²) < 4.78 is 5.18. The average Bonchev–Trinajstić information content (AvgIpc) is 2.54. The molecule has 0 fully saturated rings. The van der Waals surface area contributed by atoms with Crippen LogP contribution in [0.1, 0.15) is 24.1 Å². The van der Waals surface area contributed by atoms with Crippen LogP contribution in [0.25, 0.3) is 0 Å². The predicted octanol–water partition coefficient (Wildman–Crippen LogP) is 3.14. The lowest BCUT2D eigenvalue weighted by Crippen LogP contribution is -2.27. The van der Waals surface area contributed by atoms with E-state index in [4.69, 9.17) is 10.5 Å². The van der Waals surface area contributed by atoms with Crippen molar-refractivity contribution in [1.82, 2.24) is 0 Å². The summed E-state index contributed by atoms with van der Waals surface area (Å²) in [7, 11) is 1.62. The van der Waals surface area contributed by atoms with Gasteiger partial charge in [0.1, 0.15) is 11.5 Å². The van der Waals surface area contributed by atoms with Crippen molar-refractivity contribution < 1.29 is 9.53 Å². The molecule has 21 heavy (non-hydrogen) atoms. The van der Waals surface area contributed by atoms with Gasteiger partial charge in [-0.2, -0.15) is 0 Å². The van der Waals surface area contributed by atoms with Gasteiger partial charge < -0.3 is 10.5 Å². The first kappa shape index (κ1) is 15.3. The lowest BCUT2D eigenvalue weighted by Gasteiger charge is -2.19. The summed E-state index contributed by atoms with van der Waals surface area (Å²) in [6.07, 6.45) is 0.374. The van der Waals surface area contributed by atoms with Crippen molar-refractivity contribution in [3.8, 4) is 5.75 Å². The molecule has 110 valence electrons. The third-order valence-corrected chi connectivity index (χ3v) is 3.74. The second kappa shape index (κ2) is 7.04. The third kappa shape index (κ3) is 3.92. The summed E-state index contributed by atoms with van der Waals surface area (Å²) in [5.74, 6) is 0.679. The molecule has 3 nitrogen and oxygen atoms in total. The van der Waals surface area contributed by atoms with Crippen molar-refractivity contribution in [3.63, 3.8) is 0 Å². The van der Waals surface area contributed by atoms with Crippen LogP contribution in [0, 0.1) is 5.92 Å². The fourth-order valence-corrected chi connectivity index (χ4v) is 2.31. The summed E-state index contributed by atoms with van der Waals surface area (Å²) in [5.41, 5.74) is 8.14. The van der Waals surface area contributed by atoms with Crippen molar-refractivity contribution in [2.75, 3.05) is 7.11 Å². The van der Waals surface area contributed by atoms with Crippen molar-refractivity contribution in [1.29, 1.82) is 0 Å². The third-order valence-electron chi connectivity index (χ3n) is 3.74. The van der Waals surface area contributed by atoms with Crippen molar-refractivity contribution >= 4 is 5.78 Å². The van der Waals surface area contributed by atoms with E-state index < -0.39 is 0 Å². The molecule has 0 heterocycles. The molecule has 3 heteroatoms. The minimum absolute atomic E-state index is 0.139. The van der Waals surface area contributed by atoms with E-state index in [1.54, 1.807) is 7.11 Å². The molecule has 0 saturated heterocycles. The molecule has 0 aliphatic carbocycles. The average molecular weight is 283 g/mol. The normalized spacial score (nSPS) is 13.5. The van der Waals surface area contributed by atoms with Crippen LogP contribution < -0.4 is 10.5 Å². The largest absolute Gasteiger partial charge is 0.497 e. The fraction of sp³-hybridized carbons (Fsp3) is 0.278. The predicted molar refractivity (Wildman–Crippen MR) is 84.2 cm³/mol. The number of nitrogens with two attached hydrogens (primary N) is 1. The molecule has 2 aromatic rings. The number of ketones is 1. The number of benzene rings is 2. The minimum Gasteiger partial charge on any atom is -0.497 e. The van der Waals surface area contributed by atoms with Gasteiger partial charge in [-0.1, -0.05) is 49.4 Å². The second-order valence-electron chi connectivity index (χ2n) is 5.22. The Hall–Kier alpha value is -2.13. The lowest BCUT2D eigenvalue weighted by molar-refractivity contribution is -0.122. The molecule has 2 rings (SSSR count). The zero-order valence-electron chi connectivity index (χ0n) is 12.5. The van der Waals surface area contributed by atoms with Crippen molar-refractivity contribution in [2.24, 2.45) is 11.7 Å². The molecular formula is C18H21NO2. The maximum absolute atomic E-state index is 12.4. The Kier molecular flexibility index (Phi) is 5.12. The number of hydrogen-bond donors (Lipinski definition) is 1. The molecule has 2 atom stereocenters. The number of ether oxygens (including phenoxy) is 1. The van der Waals surface area contributed by atoms with Crippen LogP contribution in [-0.4, -0.2) is 12.9 Å². The van der Waals surface area contributed by atoms with E-state index in [0.717, 1.165) is 16.9 Å². The molecular weight excluding hydrogens is 262 g/mol. The van der Waals surface area contributed by atoms with E-state index in [1.165, 1.54) is 0 Å². The van der Waals surface area contributed by atoms with Gasteiger partial charge in [-0.05, 0) is 23.3 Å². The molecule has 2 N–H and O–H groups in total. The fourth-order valence-electron chi connectivity index (χ4n) is 2.31. The number of hydrogen-bond acceptors (Lipinski definition) is 3. The minimum atomic E-state index is -0.274. The summed E-state index contributed by atoms with van der Waals surface area (Å²) in [4.78, 5) is 12.4. The maximum Gasteiger partial charge on any atom is 0.141 e. The summed E-state index contributed by atoms with van der Waals surface area (Å²) in [6.45, 7) is 1.89. The van der Waals surface area contributed by atoms with E-state index in [0.29, 0.717) is 6.42 Å². The van der Waals surface area contributed by atoms with E-state index >= 15 is 0 Å². The topological polar surface area (TPSA) is 52.3 Å². The van der Waals surface area contributed by atoms with Gasteiger partial charge in [0.15, 0.2) is 0 Å². The van der Waals surface area contributed by atoms with Gasteiger partial charge in [-0.15, -0.1) is 0 Å². The molecule has 0 aliphatic rings. The first-order chi connectivity index (χ1) is 10.1. The maximum atomic E-state index is 12.4. The molecule has 0 spiro atoms. The summed E-state index contributed by atoms with van der Waals surface area (Å²) in [5, 5.41) is 0. The highest BCUT2D eigenvalue weighted by molar-refractivity contribution is 5.83. The van der Waals surface area contributed by atoms with Gasteiger partial charge in [-0.3, -0.25) is 4.79 Å². The second-order valence-corrected chi connectivity index (χ2v) is 5.22. The Labute approximate surface area is 125 Å². The first-order valence-electron chi connectivity index (χ1n) is 7.08. The Bertz CT molecular complexity index is 595. The quantitative estimate of drug-likeness (QED) is 0.886. The standard InChI is InChI=1S/C18H21NO2/c1-13(18(19)15-8-4-3-5-9-15)17(20)12-14-7-6-10-16(11-14)21-2/h3-11,13,18H,12,19H2,1-2H3. The molecule has 2 unspecified atom stereocenters. The van der Waals surface area contributed by atoms with Gasteiger partial charge in [-0.25, -0.2) is 0 Å². The lowest BCUT2D eigenvalue weighted by atomic mass is 9.89. The van der Waals surface area contributed by atoms with Crippen LogP contribution in [0.2, 0.25) is 0 Å². The number of carbonyl (C=O) groups excluding carboxylic acids is 1. The Morgan fingerprint density at radius 1 is 1.14 bits per heavy atom. The van der Waals surface area contributed by atoms with E-state index in [9.17, 15) is 4.79 Å². The Balaban J connectivity index is 2.05. The molecule has 0 saturated carbocycles. The smallest absolute Gasteiger partial charge is 0.141 e. The van der Waals surface area contributed by atoms with Gasteiger partial charge in [0.05, 0.1) is 7.11 Å². The van der Waals surface area contributed by atoms with E-state index in [2.05, 4.69) is 0 Å². The van der Waals surface area contributed by atoms with Gasteiger partial charge in [0.25, 0.3) is 0 Å². The number of Topliss-reactive ketones (excluding diaryl/α,β-unsaturated/α-hetero) is 1. The molecule has 0 aliphatic heterocycles. The highest BCUT2D eigenvalue weighted by atomic mass is 16.5. The Morgan fingerprint density at radius 2 is 1.86 bits per heavy atom. The highest BCUT2D eigenvalue weighted by Crippen LogP contribution is 2.22. The molecule has 0 amide bonds. The molecule has 0 bridgehead atoms. The summed E-state index contributed by atoms with van der Waals surface area (Å²) >= 11 is 0. The van der Waals surface area contributed by atoms with Gasteiger partial charge in [0, 0.05) is 18.4 Å². The molecule has 2 aromatic carbocycles. The van der Waals surface area contributed by atoms with Crippen LogP contribution in [0.3, 0.4) is 0 Å². The van der Waals surface area contributed by atoms with Crippen LogP contribution >= 0.6 is 0 Å². The van der Waals surface area contributed by atoms with Crippen LogP contribution in [0.4, 0.5) is 0 Å². The van der Waals surface area contributed by atoms with Gasteiger partial charge >= 0.3 is 0 Å². The number of rotatable bonds is 6. The first-order valence-corrected chi connectivity index (χ1v) is 7.08. The van der Waals surface area contributed by atoms with Gasteiger partial charge in [0.2, 0.25) is 0 Å². The van der Waals surface area contributed by atoms with Crippen LogP contribution in [-0.2, 0) is 11.2 Å². The van der Waals surface area contributed by atoms with E-state index in [1.807, 2.05) is 61.5 Å². The highest BCUT2D eigenvalue weighted by Gasteiger charge is 2.22. The zero-order valence-corrected chi connectivity index (χ0v) is 12.5. The van der Waals surface area contributed by atoms with E-state index in [-0.39, 0.29) is 17.7 Å². The van der Waals surface area contributed by atoms with Crippen molar-refractivity contribution in [2.45, 2.75) is 19.4 Å². The monoisotopic (exact) mass is 283 g/mol.